The van der Waals surface area contributed by atoms with Crippen molar-refractivity contribution in [3.05, 3.63) is 63.4 Å². The molecular formula is C15H16Cl2N2. The van der Waals surface area contributed by atoms with Gasteiger partial charge in [-0.1, -0.05) is 48.3 Å². The van der Waals surface area contributed by atoms with Gasteiger partial charge in [-0.05, 0) is 29.7 Å². The molecule has 1 atom stereocenters. The molecule has 1 unspecified atom stereocenters. The normalized spacial score (nSPS) is 12.4. The van der Waals surface area contributed by atoms with Crippen LogP contribution in [-0.4, -0.2) is 4.98 Å². The molecule has 100 valence electrons. The summed E-state index contributed by atoms with van der Waals surface area (Å²) in [4.78, 5) is 4.41. The number of benzene rings is 1. The zero-order valence-electron chi connectivity index (χ0n) is 10.7. The minimum Gasteiger partial charge on any atom is -0.324 e. The lowest BCUT2D eigenvalue weighted by Gasteiger charge is -2.14. The summed E-state index contributed by atoms with van der Waals surface area (Å²) in [5, 5.41) is 1.06. The zero-order chi connectivity index (χ0) is 13.8. The van der Waals surface area contributed by atoms with Crippen LogP contribution in [0.25, 0.3) is 0 Å². The Kier molecular flexibility index (Phi) is 4.81. The van der Waals surface area contributed by atoms with Crippen LogP contribution in [0.5, 0.6) is 0 Å². The van der Waals surface area contributed by atoms with Gasteiger partial charge in [0, 0.05) is 24.4 Å². The average Bonchev–Trinajstić information content (AvgIpc) is 2.42. The van der Waals surface area contributed by atoms with Crippen molar-refractivity contribution in [1.29, 1.82) is 0 Å². The maximum atomic E-state index is 6.18. The van der Waals surface area contributed by atoms with E-state index < -0.39 is 0 Å². The van der Waals surface area contributed by atoms with Crippen molar-refractivity contribution in [3.63, 3.8) is 0 Å². The molecule has 0 bridgehead atoms. The molecule has 0 saturated carbocycles. The first-order chi connectivity index (χ1) is 9.11. The highest BCUT2D eigenvalue weighted by Crippen LogP contribution is 2.30. The fourth-order valence-corrected chi connectivity index (χ4v) is 2.38. The Hall–Kier alpha value is -1.09. The molecule has 1 aromatic carbocycles. The van der Waals surface area contributed by atoms with Crippen LogP contribution in [0.3, 0.4) is 0 Å². The number of halogens is 2. The van der Waals surface area contributed by atoms with Gasteiger partial charge >= 0.3 is 0 Å². The van der Waals surface area contributed by atoms with Crippen LogP contribution in [0.1, 0.15) is 29.8 Å². The first-order valence-corrected chi connectivity index (χ1v) is 7.00. The topological polar surface area (TPSA) is 38.9 Å². The van der Waals surface area contributed by atoms with Crippen molar-refractivity contribution < 1.29 is 0 Å². The van der Waals surface area contributed by atoms with Crippen LogP contribution in [0.4, 0.5) is 0 Å². The monoisotopic (exact) mass is 294 g/mol. The number of rotatable bonds is 4. The number of nitrogens with two attached hydrogens (primary N) is 1. The van der Waals surface area contributed by atoms with E-state index in [1.807, 2.05) is 24.4 Å². The molecule has 0 saturated heterocycles. The van der Waals surface area contributed by atoms with Gasteiger partial charge in [0.05, 0.1) is 10.0 Å². The van der Waals surface area contributed by atoms with Crippen molar-refractivity contribution in [2.24, 2.45) is 5.73 Å². The standard InChI is InChI=1S/C15H16Cl2N2/c1-2-10-6-7-11(19-9-10)8-14(18)12-4-3-5-13(16)15(12)17/h3-7,9,14H,2,8,18H2,1H3. The predicted octanol–water partition coefficient (Wildman–Crippen LogP) is 4.19. The molecule has 0 aliphatic rings. The molecule has 2 N–H and O–H groups in total. The molecule has 1 heterocycles. The van der Waals surface area contributed by atoms with Gasteiger partial charge in [0.2, 0.25) is 0 Å². The van der Waals surface area contributed by atoms with Gasteiger partial charge in [0.1, 0.15) is 0 Å². The summed E-state index contributed by atoms with van der Waals surface area (Å²) in [5.74, 6) is 0. The molecule has 0 amide bonds. The molecule has 19 heavy (non-hydrogen) atoms. The molecule has 0 spiro atoms. The van der Waals surface area contributed by atoms with Crippen LogP contribution in [0.2, 0.25) is 10.0 Å². The van der Waals surface area contributed by atoms with E-state index in [4.69, 9.17) is 28.9 Å². The van der Waals surface area contributed by atoms with Gasteiger partial charge in [-0.3, -0.25) is 4.98 Å². The first-order valence-electron chi connectivity index (χ1n) is 6.25. The molecule has 0 aliphatic carbocycles. The molecule has 0 radical (unpaired) electrons. The predicted molar refractivity (Wildman–Crippen MR) is 80.7 cm³/mol. The smallest absolute Gasteiger partial charge is 0.0640 e. The van der Waals surface area contributed by atoms with E-state index in [0.29, 0.717) is 16.5 Å². The Balaban J connectivity index is 2.15. The van der Waals surface area contributed by atoms with E-state index in [0.717, 1.165) is 17.7 Å². The van der Waals surface area contributed by atoms with Crippen LogP contribution in [-0.2, 0) is 12.8 Å². The number of hydrogen-bond acceptors (Lipinski definition) is 2. The Morgan fingerprint density at radius 2 is 2.00 bits per heavy atom. The van der Waals surface area contributed by atoms with Gasteiger partial charge in [-0.25, -0.2) is 0 Å². The summed E-state index contributed by atoms with van der Waals surface area (Å²) in [6.07, 6.45) is 3.52. The number of aryl methyl sites for hydroxylation is 1. The van der Waals surface area contributed by atoms with Crippen molar-refractivity contribution in [2.45, 2.75) is 25.8 Å². The summed E-state index contributed by atoms with van der Waals surface area (Å²) in [7, 11) is 0. The Bertz CT molecular complexity index is 553. The van der Waals surface area contributed by atoms with Gasteiger partial charge < -0.3 is 5.73 Å². The SMILES string of the molecule is CCc1ccc(CC(N)c2cccc(Cl)c2Cl)nc1. The third kappa shape index (κ3) is 3.47. The van der Waals surface area contributed by atoms with Gasteiger partial charge in [-0.15, -0.1) is 0 Å². The third-order valence-corrected chi connectivity index (χ3v) is 3.94. The molecular weight excluding hydrogens is 279 g/mol. The van der Waals surface area contributed by atoms with E-state index >= 15 is 0 Å². The quantitative estimate of drug-likeness (QED) is 0.918. The van der Waals surface area contributed by atoms with E-state index in [1.165, 1.54) is 5.56 Å². The highest BCUT2D eigenvalue weighted by Gasteiger charge is 2.13. The molecule has 4 heteroatoms. The molecule has 2 aromatic rings. The zero-order valence-corrected chi connectivity index (χ0v) is 12.2. The molecule has 2 nitrogen and oxygen atoms in total. The van der Waals surface area contributed by atoms with Crippen LogP contribution < -0.4 is 5.73 Å². The Morgan fingerprint density at radius 3 is 2.63 bits per heavy atom. The van der Waals surface area contributed by atoms with Crippen molar-refractivity contribution in [2.75, 3.05) is 0 Å². The second-order valence-corrected chi connectivity index (χ2v) is 5.25. The lowest BCUT2D eigenvalue weighted by molar-refractivity contribution is 0.706. The summed E-state index contributed by atoms with van der Waals surface area (Å²) in [5.41, 5.74) is 9.22. The number of hydrogen-bond donors (Lipinski definition) is 1. The first kappa shape index (κ1) is 14.3. The van der Waals surface area contributed by atoms with E-state index in [-0.39, 0.29) is 6.04 Å². The highest BCUT2D eigenvalue weighted by molar-refractivity contribution is 6.42. The van der Waals surface area contributed by atoms with E-state index in [1.54, 1.807) is 6.07 Å². The van der Waals surface area contributed by atoms with Gasteiger partial charge in [-0.2, -0.15) is 0 Å². The fraction of sp³-hybridized carbons (Fsp3) is 0.267. The van der Waals surface area contributed by atoms with Gasteiger partial charge in [0.15, 0.2) is 0 Å². The minimum atomic E-state index is -0.203. The largest absolute Gasteiger partial charge is 0.324 e. The summed E-state index contributed by atoms with van der Waals surface area (Å²) in [6, 6.07) is 9.41. The second kappa shape index (κ2) is 6.38. The summed E-state index contributed by atoms with van der Waals surface area (Å²) >= 11 is 12.2. The maximum Gasteiger partial charge on any atom is 0.0640 e. The number of nitrogens with zero attached hydrogens (tertiary/aromatic N) is 1. The van der Waals surface area contributed by atoms with Gasteiger partial charge in [0.25, 0.3) is 0 Å². The molecule has 0 fully saturated rings. The maximum absolute atomic E-state index is 6.18. The van der Waals surface area contributed by atoms with Crippen molar-refractivity contribution in [3.8, 4) is 0 Å². The Morgan fingerprint density at radius 1 is 1.21 bits per heavy atom. The second-order valence-electron chi connectivity index (χ2n) is 4.47. The van der Waals surface area contributed by atoms with Crippen molar-refractivity contribution in [1.82, 2.24) is 4.98 Å². The van der Waals surface area contributed by atoms with E-state index in [2.05, 4.69) is 18.0 Å². The highest BCUT2D eigenvalue weighted by atomic mass is 35.5. The third-order valence-electron chi connectivity index (χ3n) is 3.10. The fourth-order valence-electron chi connectivity index (χ4n) is 1.93. The number of aromatic nitrogens is 1. The summed E-state index contributed by atoms with van der Waals surface area (Å²) in [6.45, 7) is 2.11. The molecule has 0 aliphatic heterocycles. The lowest BCUT2D eigenvalue weighted by Crippen LogP contribution is -2.14. The molecule has 1 aromatic heterocycles. The van der Waals surface area contributed by atoms with Crippen molar-refractivity contribution >= 4 is 23.2 Å². The average molecular weight is 295 g/mol. The van der Waals surface area contributed by atoms with E-state index in [9.17, 15) is 0 Å². The Labute approximate surface area is 123 Å². The molecule has 2 rings (SSSR count). The number of pyridine rings is 1. The lowest BCUT2D eigenvalue weighted by atomic mass is 10.0. The van der Waals surface area contributed by atoms with Crippen LogP contribution >= 0.6 is 23.2 Å². The van der Waals surface area contributed by atoms with Crippen LogP contribution in [0.15, 0.2) is 36.5 Å². The summed E-state index contributed by atoms with van der Waals surface area (Å²) < 4.78 is 0. The van der Waals surface area contributed by atoms with Crippen LogP contribution in [0, 0.1) is 0 Å². The minimum absolute atomic E-state index is 0.203.